The van der Waals surface area contributed by atoms with Crippen molar-refractivity contribution in [3.05, 3.63) is 18.2 Å². The van der Waals surface area contributed by atoms with Crippen LogP contribution in [0.15, 0.2) is 23.1 Å². The number of hydrogen-bond acceptors (Lipinski definition) is 7. The molecule has 0 spiro atoms. The Hall–Kier alpha value is -2.77. The zero-order chi connectivity index (χ0) is 19.7. The zero-order valence-corrected chi connectivity index (χ0v) is 15.3. The molecule has 27 heavy (non-hydrogen) atoms. The van der Waals surface area contributed by atoms with E-state index in [0.717, 1.165) is 0 Å². The molecular formula is C17H20N2O7S. The summed E-state index contributed by atoms with van der Waals surface area (Å²) in [5, 5.41) is 2.33. The molecule has 2 rings (SSSR count). The lowest BCUT2D eigenvalue weighted by molar-refractivity contribution is -0.148. The van der Waals surface area contributed by atoms with E-state index < -0.39 is 28.5 Å². The van der Waals surface area contributed by atoms with Gasteiger partial charge in [-0.1, -0.05) is 5.92 Å². The maximum atomic E-state index is 12.3. The smallest absolute Gasteiger partial charge is 0.307 e. The van der Waals surface area contributed by atoms with E-state index in [-0.39, 0.29) is 24.4 Å². The van der Waals surface area contributed by atoms with Crippen LogP contribution >= 0.6 is 0 Å². The maximum absolute atomic E-state index is 12.3. The fourth-order valence-electron chi connectivity index (χ4n) is 2.10. The van der Waals surface area contributed by atoms with E-state index >= 15 is 0 Å². The van der Waals surface area contributed by atoms with Crippen molar-refractivity contribution in [2.75, 3.05) is 32.9 Å². The molecule has 0 fully saturated rings. The van der Waals surface area contributed by atoms with Crippen LogP contribution in [-0.4, -0.2) is 53.2 Å². The lowest BCUT2D eigenvalue weighted by Crippen LogP contribution is -2.30. The van der Waals surface area contributed by atoms with Gasteiger partial charge in [-0.2, -0.15) is 0 Å². The van der Waals surface area contributed by atoms with Gasteiger partial charge in [0, 0.05) is 19.0 Å². The van der Waals surface area contributed by atoms with E-state index in [1.807, 2.05) is 0 Å². The summed E-state index contributed by atoms with van der Waals surface area (Å²) >= 11 is 0. The fourth-order valence-corrected chi connectivity index (χ4v) is 3.15. The van der Waals surface area contributed by atoms with Gasteiger partial charge < -0.3 is 19.5 Å². The first kappa shape index (κ1) is 20.5. The second-order valence-electron chi connectivity index (χ2n) is 5.45. The Labute approximate surface area is 157 Å². The molecule has 0 saturated heterocycles. The van der Waals surface area contributed by atoms with E-state index in [9.17, 15) is 18.0 Å². The highest BCUT2D eigenvalue weighted by Gasteiger charge is 2.19. The highest BCUT2D eigenvalue weighted by atomic mass is 32.2. The summed E-state index contributed by atoms with van der Waals surface area (Å²) < 4.78 is 42.6. The molecule has 1 aliphatic rings. The molecule has 1 amide bonds. The molecule has 146 valence electrons. The van der Waals surface area contributed by atoms with Crippen molar-refractivity contribution in [3.8, 4) is 23.8 Å². The van der Waals surface area contributed by atoms with Crippen LogP contribution in [0, 0.1) is 12.3 Å². The van der Waals surface area contributed by atoms with Crippen molar-refractivity contribution < 1.29 is 32.2 Å². The number of amides is 1. The van der Waals surface area contributed by atoms with E-state index in [2.05, 4.69) is 16.0 Å². The van der Waals surface area contributed by atoms with Gasteiger partial charge in [-0.15, -0.1) is 6.42 Å². The number of fused-ring (bicyclic) bond motifs is 1. The molecule has 0 unspecified atom stereocenters. The minimum absolute atomic E-state index is 0.00576. The van der Waals surface area contributed by atoms with Crippen LogP contribution < -0.4 is 19.5 Å². The Morgan fingerprint density at radius 3 is 2.70 bits per heavy atom. The van der Waals surface area contributed by atoms with Crippen molar-refractivity contribution in [1.29, 1.82) is 0 Å². The lowest BCUT2D eigenvalue weighted by atomic mass is 10.3. The first-order valence-corrected chi connectivity index (χ1v) is 9.66. The number of sulfonamides is 1. The Balaban J connectivity index is 1.83. The second kappa shape index (κ2) is 9.80. The minimum atomic E-state index is -3.84. The summed E-state index contributed by atoms with van der Waals surface area (Å²) in [4.78, 5) is 22.8. The molecule has 1 aliphatic heterocycles. The maximum Gasteiger partial charge on any atom is 0.307 e. The summed E-state index contributed by atoms with van der Waals surface area (Å²) in [7, 11) is -3.84. The predicted octanol–water partition coefficient (Wildman–Crippen LogP) is -0.191. The topological polar surface area (TPSA) is 120 Å². The molecule has 1 aromatic carbocycles. The number of ether oxygens (including phenoxy) is 3. The molecule has 0 saturated carbocycles. The van der Waals surface area contributed by atoms with E-state index in [1.165, 1.54) is 18.2 Å². The van der Waals surface area contributed by atoms with Gasteiger partial charge in [-0.3, -0.25) is 9.59 Å². The SMILES string of the molecule is C#CCNC(=O)COC(=O)CCNS(=O)(=O)c1ccc2c(c1)OCCCO2. The molecule has 0 radical (unpaired) electrons. The average Bonchev–Trinajstić information content (AvgIpc) is 2.89. The Kier molecular flexibility index (Phi) is 7.45. The minimum Gasteiger partial charge on any atom is -0.490 e. The van der Waals surface area contributed by atoms with E-state index in [1.54, 1.807) is 0 Å². The largest absolute Gasteiger partial charge is 0.490 e. The number of carbonyl (C=O) groups is 2. The van der Waals surface area contributed by atoms with Gasteiger partial charge in [0.15, 0.2) is 18.1 Å². The van der Waals surface area contributed by atoms with Gasteiger partial charge in [-0.25, -0.2) is 13.1 Å². The molecule has 9 nitrogen and oxygen atoms in total. The first-order valence-electron chi connectivity index (χ1n) is 8.17. The van der Waals surface area contributed by atoms with Gasteiger partial charge in [0.1, 0.15) is 0 Å². The monoisotopic (exact) mass is 396 g/mol. The Bertz CT molecular complexity index is 830. The van der Waals surface area contributed by atoms with Crippen LogP contribution in [0.4, 0.5) is 0 Å². The molecule has 1 heterocycles. The van der Waals surface area contributed by atoms with Crippen molar-refractivity contribution in [1.82, 2.24) is 10.0 Å². The van der Waals surface area contributed by atoms with Crippen LogP contribution in [0.1, 0.15) is 12.8 Å². The standard InChI is InChI=1S/C17H20N2O7S/c1-2-7-18-16(20)12-26-17(21)6-8-19-27(22,23)13-4-5-14-15(11-13)25-10-3-9-24-14/h1,4-5,11,19H,3,6-10,12H2,(H,18,20). The molecule has 0 bridgehead atoms. The van der Waals surface area contributed by atoms with Crippen LogP contribution in [0.3, 0.4) is 0 Å². The average molecular weight is 396 g/mol. The zero-order valence-electron chi connectivity index (χ0n) is 14.5. The Morgan fingerprint density at radius 1 is 1.22 bits per heavy atom. The number of esters is 1. The summed E-state index contributed by atoms with van der Waals surface area (Å²) in [5.74, 6) is 1.80. The summed E-state index contributed by atoms with van der Waals surface area (Å²) in [5.41, 5.74) is 0. The number of hydrogen-bond donors (Lipinski definition) is 2. The van der Waals surface area contributed by atoms with Crippen molar-refractivity contribution >= 4 is 21.9 Å². The van der Waals surface area contributed by atoms with Crippen molar-refractivity contribution in [3.63, 3.8) is 0 Å². The normalized spacial score (nSPS) is 13.1. The third-order valence-corrected chi connectivity index (χ3v) is 4.86. The Morgan fingerprint density at radius 2 is 1.96 bits per heavy atom. The van der Waals surface area contributed by atoms with E-state index in [0.29, 0.717) is 31.1 Å². The van der Waals surface area contributed by atoms with Gasteiger partial charge in [0.05, 0.1) is 31.1 Å². The van der Waals surface area contributed by atoms with Gasteiger partial charge in [0.2, 0.25) is 10.0 Å². The van der Waals surface area contributed by atoms with Gasteiger partial charge in [0.25, 0.3) is 5.91 Å². The number of terminal acetylenes is 1. The quantitative estimate of drug-likeness (QED) is 0.462. The molecular weight excluding hydrogens is 376 g/mol. The number of nitrogens with one attached hydrogen (secondary N) is 2. The fraction of sp³-hybridized carbons (Fsp3) is 0.412. The second-order valence-corrected chi connectivity index (χ2v) is 7.22. The number of rotatable bonds is 8. The molecule has 0 aliphatic carbocycles. The third-order valence-electron chi connectivity index (χ3n) is 3.40. The van der Waals surface area contributed by atoms with Gasteiger partial charge in [-0.05, 0) is 12.1 Å². The summed E-state index contributed by atoms with van der Waals surface area (Å²) in [6.45, 7) is 0.313. The van der Waals surface area contributed by atoms with Crippen molar-refractivity contribution in [2.45, 2.75) is 17.7 Å². The number of carbonyl (C=O) groups excluding carboxylic acids is 2. The summed E-state index contributed by atoms with van der Waals surface area (Å²) in [6.07, 6.45) is 5.46. The van der Waals surface area contributed by atoms with Crippen LogP contribution in [0.25, 0.3) is 0 Å². The summed E-state index contributed by atoms with van der Waals surface area (Å²) in [6, 6.07) is 4.29. The highest BCUT2D eigenvalue weighted by molar-refractivity contribution is 7.89. The molecule has 0 atom stereocenters. The van der Waals surface area contributed by atoms with Crippen molar-refractivity contribution in [2.24, 2.45) is 0 Å². The molecule has 1 aromatic rings. The van der Waals surface area contributed by atoms with E-state index in [4.69, 9.17) is 20.6 Å². The third kappa shape index (κ3) is 6.47. The van der Waals surface area contributed by atoms with Crippen LogP contribution in [0.5, 0.6) is 11.5 Å². The van der Waals surface area contributed by atoms with Crippen LogP contribution in [0.2, 0.25) is 0 Å². The van der Waals surface area contributed by atoms with Gasteiger partial charge >= 0.3 is 5.97 Å². The molecule has 10 heteroatoms. The predicted molar refractivity (Wildman–Crippen MR) is 94.7 cm³/mol. The highest BCUT2D eigenvalue weighted by Crippen LogP contribution is 2.31. The molecule has 2 N–H and O–H groups in total. The first-order chi connectivity index (χ1) is 12.9. The number of benzene rings is 1. The van der Waals surface area contributed by atoms with Crippen LogP contribution in [-0.2, 0) is 24.3 Å². The molecule has 0 aromatic heterocycles. The lowest BCUT2D eigenvalue weighted by Gasteiger charge is -2.11.